The van der Waals surface area contributed by atoms with E-state index in [0.29, 0.717) is 13.1 Å². The molecule has 0 saturated heterocycles. The van der Waals surface area contributed by atoms with Crippen molar-refractivity contribution in [3.05, 3.63) is 5.82 Å². The van der Waals surface area contributed by atoms with Gasteiger partial charge in [0.2, 0.25) is 0 Å². The zero-order valence-electron chi connectivity index (χ0n) is 11.8. The fourth-order valence-corrected chi connectivity index (χ4v) is 1.78. The molecule has 6 nitrogen and oxygen atoms in total. The smallest absolute Gasteiger partial charge is 0.165 e. The lowest BCUT2D eigenvalue weighted by molar-refractivity contribution is 0.406. The summed E-state index contributed by atoms with van der Waals surface area (Å²) < 4.78 is 13.1. The molecule has 0 amide bonds. The van der Waals surface area contributed by atoms with Gasteiger partial charge in [-0.05, 0) is 37.6 Å². The van der Waals surface area contributed by atoms with Crippen molar-refractivity contribution in [3.8, 4) is 0 Å². The first-order valence-corrected chi connectivity index (χ1v) is 7.74. The van der Waals surface area contributed by atoms with Gasteiger partial charge in [-0.25, -0.2) is 4.68 Å². The summed E-state index contributed by atoms with van der Waals surface area (Å²) in [5.74, 6) is 0.819. The molecule has 0 bridgehead atoms. The van der Waals surface area contributed by atoms with E-state index in [2.05, 4.69) is 41.6 Å². The summed E-state index contributed by atoms with van der Waals surface area (Å²) in [6, 6.07) is 0. The van der Waals surface area contributed by atoms with Crippen LogP contribution in [0.5, 0.6) is 0 Å². The maximum absolute atomic E-state index is 11.3. The van der Waals surface area contributed by atoms with Crippen molar-refractivity contribution in [1.82, 2.24) is 25.5 Å². The van der Waals surface area contributed by atoms with E-state index in [-0.39, 0.29) is 10.8 Å². The van der Waals surface area contributed by atoms with Crippen molar-refractivity contribution >= 4 is 10.8 Å². The predicted octanol–water partition coefficient (Wildman–Crippen LogP) is 0.718. The van der Waals surface area contributed by atoms with Gasteiger partial charge in [-0.2, -0.15) is 0 Å². The molecule has 0 aliphatic carbocycles. The second kappa shape index (κ2) is 6.38. The van der Waals surface area contributed by atoms with Crippen molar-refractivity contribution in [2.45, 2.75) is 58.0 Å². The molecule has 1 rings (SSSR count). The zero-order chi connectivity index (χ0) is 13.8. The molecule has 1 heterocycles. The standard InChI is InChI=1S/C11H23N5OS/c1-9(18(5)17)6-7-16-10(13-14-15-16)8-12-11(2,3)4/h9,12H,6-8H2,1-5H3. The number of rotatable bonds is 6. The van der Waals surface area contributed by atoms with E-state index >= 15 is 0 Å². The van der Waals surface area contributed by atoms with E-state index in [9.17, 15) is 4.21 Å². The van der Waals surface area contributed by atoms with Crippen LogP contribution in [0, 0.1) is 0 Å². The van der Waals surface area contributed by atoms with Crippen LogP contribution in [0.25, 0.3) is 0 Å². The van der Waals surface area contributed by atoms with Gasteiger partial charge in [-0.3, -0.25) is 4.21 Å². The molecule has 0 aromatic carbocycles. The summed E-state index contributed by atoms with van der Waals surface area (Å²) in [6.45, 7) is 9.62. The van der Waals surface area contributed by atoms with Gasteiger partial charge >= 0.3 is 0 Å². The van der Waals surface area contributed by atoms with E-state index in [1.54, 1.807) is 10.9 Å². The summed E-state index contributed by atoms with van der Waals surface area (Å²) >= 11 is 0. The number of tetrazole rings is 1. The van der Waals surface area contributed by atoms with Crippen molar-refractivity contribution < 1.29 is 4.21 Å². The summed E-state index contributed by atoms with van der Waals surface area (Å²) in [4.78, 5) is 0. The Morgan fingerprint density at radius 1 is 1.44 bits per heavy atom. The second-order valence-electron chi connectivity index (χ2n) is 5.52. The van der Waals surface area contributed by atoms with Gasteiger partial charge in [-0.1, -0.05) is 6.92 Å². The highest BCUT2D eigenvalue weighted by Crippen LogP contribution is 2.05. The zero-order valence-corrected chi connectivity index (χ0v) is 12.6. The number of nitrogens with one attached hydrogen (secondary N) is 1. The fraction of sp³-hybridized carbons (Fsp3) is 0.909. The Kier molecular flexibility index (Phi) is 5.40. The van der Waals surface area contributed by atoms with E-state index in [1.807, 2.05) is 6.92 Å². The molecule has 0 spiro atoms. The van der Waals surface area contributed by atoms with Crippen molar-refractivity contribution in [3.63, 3.8) is 0 Å². The lowest BCUT2D eigenvalue weighted by Gasteiger charge is -2.20. The van der Waals surface area contributed by atoms with Crippen molar-refractivity contribution in [2.75, 3.05) is 6.26 Å². The second-order valence-corrected chi connectivity index (χ2v) is 7.32. The third kappa shape index (κ3) is 5.22. The Labute approximate surface area is 111 Å². The highest BCUT2D eigenvalue weighted by atomic mass is 32.2. The number of aryl methyl sites for hydroxylation is 1. The summed E-state index contributed by atoms with van der Waals surface area (Å²) in [7, 11) is -0.794. The van der Waals surface area contributed by atoms with Gasteiger partial charge in [0, 0.05) is 34.4 Å². The molecule has 1 aromatic heterocycles. The first-order valence-electron chi connectivity index (χ1n) is 6.12. The molecule has 18 heavy (non-hydrogen) atoms. The molecule has 0 aliphatic heterocycles. The number of nitrogens with zero attached hydrogens (tertiary/aromatic N) is 4. The maximum Gasteiger partial charge on any atom is 0.165 e. The summed E-state index contributed by atoms with van der Waals surface area (Å²) in [5.41, 5.74) is 0.0367. The van der Waals surface area contributed by atoms with Gasteiger partial charge < -0.3 is 5.32 Å². The van der Waals surface area contributed by atoms with Crippen LogP contribution in [0.1, 0.15) is 39.9 Å². The first kappa shape index (κ1) is 15.2. The topological polar surface area (TPSA) is 72.7 Å². The van der Waals surface area contributed by atoms with Crippen LogP contribution in [-0.2, 0) is 23.9 Å². The molecule has 0 radical (unpaired) electrons. The Morgan fingerprint density at radius 2 is 2.11 bits per heavy atom. The number of hydrogen-bond donors (Lipinski definition) is 1. The Bertz CT molecular complexity index is 398. The number of hydrogen-bond acceptors (Lipinski definition) is 5. The lowest BCUT2D eigenvalue weighted by Crippen LogP contribution is -2.36. The highest BCUT2D eigenvalue weighted by Gasteiger charge is 2.13. The maximum atomic E-state index is 11.3. The van der Waals surface area contributed by atoms with Crippen LogP contribution in [0.15, 0.2) is 0 Å². The Morgan fingerprint density at radius 3 is 2.67 bits per heavy atom. The molecular weight excluding hydrogens is 250 g/mol. The van der Waals surface area contributed by atoms with Crippen LogP contribution >= 0.6 is 0 Å². The molecule has 1 N–H and O–H groups in total. The van der Waals surface area contributed by atoms with Crippen LogP contribution in [0.2, 0.25) is 0 Å². The predicted molar refractivity (Wildman–Crippen MR) is 72.6 cm³/mol. The molecule has 2 unspecified atom stereocenters. The molecule has 2 atom stereocenters. The van der Waals surface area contributed by atoms with Crippen LogP contribution < -0.4 is 5.32 Å². The SMILES string of the molecule is CC(CCn1nnnc1CNC(C)(C)C)S(C)=O. The van der Waals surface area contributed by atoms with Gasteiger partial charge in [-0.15, -0.1) is 5.10 Å². The van der Waals surface area contributed by atoms with E-state index in [0.717, 1.165) is 12.2 Å². The average Bonchev–Trinajstić information content (AvgIpc) is 2.69. The molecule has 1 aromatic rings. The largest absolute Gasteiger partial charge is 0.305 e. The molecule has 7 heteroatoms. The molecular formula is C11H23N5OS. The molecule has 104 valence electrons. The van der Waals surface area contributed by atoms with Gasteiger partial charge in [0.25, 0.3) is 0 Å². The quantitative estimate of drug-likeness (QED) is 0.827. The first-order chi connectivity index (χ1) is 8.29. The van der Waals surface area contributed by atoms with Gasteiger partial charge in [0.05, 0.1) is 6.54 Å². The monoisotopic (exact) mass is 273 g/mol. The average molecular weight is 273 g/mol. The van der Waals surface area contributed by atoms with Crippen LogP contribution in [0.4, 0.5) is 0 Å². The van der Waals surface area contributed by atoms with E-state index in [1.165, 1.54) is 0 Å². The minimum Gasteiger partial charge on any atom is -0.305 e. The molecule has 0 aliphatic rings. The van der Waals surface area contributed by atoms with Gasteiger partial charge in [0.1, 0.15) is 0 Å². The highest BCUT2D eigenvalue weighted by molar-refractivity contribution is 7.84. The third-order valence-electron chi connectivity index (χ3n) is 2.70. The minimum atomic E-state index is -0.794. The molecule has 0 fully saturated rings. The summed E-state index contributed by atoms with van der Waals surface area (Å²) in [5, 5.41) is 15.2. The minimum absolute atomic E-state index is 0.0367. The van der Waals surface area contributed by atoms with Crippen LogP contribution in [0.3, 0.4) is 0 Å². The van der Waals surface area contributed by atoms with Crippen LogP contribution in [-0.4, -0.2) is 41.5 Å². The lowest BCUT2D eigenvalue weighted by atomic mass is 10.1. The van der Waals surface area contributed by atoms with E-state index < -0.39 is 10.8 Å². The van der Waals surface area contributed by atoms with E-state index in [4.69, 9.17) is 0 Å². The fourth-order valence-electron chi connectivity index (χ4n) is 1.34. The van der Waals surface area contributed by atoms with Crippen molar-refractivity contribution in [2.24, 2.45) is 0 Å². The van der Waals surface area contributed by atoms with Crippen molar-refractivity contribution in [1.29, 1.82) is 0 Å². The Balaban J connectivity index is 2.52. The Hall–Kier alpha value is -0.820. The number of aromatic nitrogens is 4. The third-order valence-corrected chi connectivity index (χ3v) is 4.07. The molecule has 0 saturated carbocycles. The normalized spacial score (nSPS) is 15.6. The summed E-state index contributed by atoms with van der Waals surface area (Å²) in [6.07, 6.45) is 2.54. The van der Waals surface area contributed by atoms with Gasteiger partial charge in [0.15, 0.2) is 5.82 Å².